The van der Waals surface area contributed by atoms with Gasteiger partial charge in [0, 0.05) is 12.1 Å². The van der Waals surface area contributed by atoms with Crippen LogP contribution in [0.4, 0.5) is 11.4 Å². The number of para-hydroxylation sites is 2. The van der Waals surface area contributed by atoms with Crippen molar-refractivity contribution in [3.05, 3.63) is 77.8 Å². The van der Waals surface area contributed by atoms with E-state index in [1.54, 1.807) is 42.5 Å². The lowest BCUT2D eigenvalue weighted by molar-refractivity contribution is -0.377. The Balaban J connectivity index is 0.000000335. The Morgan fingerprint density at radius 1 is 1.00 bits per heavy atom. The first kappa shape index (κ1) is 23.4. The molecule has 158 valence electrons. The normalized spacial score (nSPS) is 10.5. The topological polar surface area (TPSA) is 127 Å². The highest BCUT2D eigenvalue weighted by Crippen LogP contribution is 2.31. The Morgan fingerprint density at radius 3 is 2.10 bits per heavy atom. The summed E-state index contributed by atoms with van der Waals surface area (Å²) in [5.74, 6) is 0.267. The van der Waals surface area contributed by atoms with Crippen LogP contribution in [0, 0.1) is 0 Å². The molecule has 0 spiro atoms. The Labute approximate surface area is 180 Å². The summed E-state index contributed by atoms with van der Waals surface area (Å²) in [5, 5.41) is 0.618. The molecule has 0 amide bonds. The quantitative estimate of drug-likeness (QED) is 0.336. The number of benzene rings is 3. The number of nitrogen functional groups attached to an aromatic ring is 1. The van der Waals surface area contributed by atoms with Crippen molar-refractivity contribution < 1.29 is 30.1 Å². The van der Waals surface area contributed by atoms with Crippen LogP contribution in [-0.2, 0) is 20.6 Å². The molecule has 0 heterocycles. The first-order valence-electron chi connectivity index (χ1n) is 8.27. The SMILES string of the molecule is C[N+](c1ccc(Oc2ccccc2)c(S(=O)(=O)O)c1)=S(=O)=O.Nc1ccccc1Cl. The molecule has 0 aliphatic rings. The summed E-state index contributed by atoms with van der Waals surface area (Å²) in [7, 11) is -5.92. The van der Waals surface area contributed by atoms with Crippen LogP contribution in [0.1, 0.15) is 0 Å². The highest BCUT2D eigenvalue weighted by molar-refractivity contribution is 7.86. The summed E-state index contributed by atoms with van der Waals surface area (Å²) in [4.78, 5) is -0.522. The van der Waals surface area contributed by atoms with Crippen LogP contribution >= 0.6 is 11.6 Å². The number of rotatable bonds is 4. The molecule has 3 aromatic rings. The average molecular weight is 470 g/mol. The maximum absolute atomic E-state index is 11.5. The molecule has 3 rings (SSSR count). The minimum Gasteiger partial charge on any atom is -0.456 e. The van der Waals surface area contributed by atoms with Crippen molar-refractivity contribution in [2.24, 2.45) is 0 Å². The maximum Gasteiger partial charge on any atom is 0.464 e. The van der Waals surface area contributed by atoms with Gasteiger partial charge in [0.05, 0.1) is 10.7 Å². The lowest BCUT2D eigenvalue weighted by Crippen LogP contribution is -2.03. The number of hydrogen-bond acceptors (Lipinski definition) is 6. The third-order valence-electron chi connectivity index (χ3n) is 3.67. The van der Waals surface area contributed by atoms with Crippen LogP contribution < -0.4 is 10.5 Å². The van der Waals surface area contributed by atoms with Gasteiger partial charge >= 0.3 is 10.5 Å². The molecule has 0 bridgehead atoms. The van der Waals surface area contributed by atoms with Gasteiger partial charge in [-0.1, -0.05) is 45.9 Å². The molecule has 0 aliphatic carbocycles. The molecular weight excluding hydrogens is 452 g/mol. The van der Waals surface area contributed by atoms with Crippen molar-refractivity contribution in [2.75, 3.05) is 12.8 Å². The van der Waals surface area contributed by atoms with E-state index in [0.717, 1.165) is 10.0 Å². The average Bonchev–Trinajstić information content (AvgIpc) is 2.70. The van der Waals surface area contributed by atoms with E-state index in [1.807, 2.05) is 12.1 Å². The molecule has 0 radical (unpaired) electrons. The Hall–Kier alpha value is -2.92. The smallest absolute Gasteiger partial charge is 0.456 e. The summed E-state index contributed by atoms with van der Waals surface area (Å²) in [5.41, 5.74) is 6.09. The predicted octanol–water partition coefficient (Wildman–Crippen LogP) is 3.98. The monoisotopic (exact) mass is 469 g/mol. The van der Waals surface area contributed by atoms with Gasteiger partial charge in [0.1, 0.15) is 16.4 Å². The number of nitrogens with two attached hydrogens (primary N) is 1. The predicted molar refractivity (Wildman–Crippen MR) is 113 cm³/mol. The molecular formula is C19H18ClN2O6S2+. The van der Waals surface area contributed by atoms with Crippen LogP contribution in [0.25, 0.3) is 0 Å². The zero-order chi connectivity index (χ0) is 22.3. The number of ether oxygens (including phenoxy) is 1. The molecule has 0 saturated carbocycles. The third-order valence-corrected chi connectivity index (χ3v) is 5.55. The summed E-state index contributed by atoms with van der Waals surface area (Å²) < 4.78 is 60.4. The standard InChI is InChI=1S/C13H11NO6S2.C6H6ClN/c1-14(21(15)16)10-7-8-12(13(9-10)22(17,18)19)20-11-5-3-2-4-6-11;7-5-3-1-2-4-6(5)8/h2-9H,1H3;1-4H,8H2/p+1. The van der Waals surface area contributed by atoms with Crippen LogP contribution in [0.3, 0.4) is 0 Å². The van der Waals surface area contributed by atoms with E-state index >= 15 is 0 Å². The minimum absolute atomic E-state index is 0.0707. The fraction of sp³-hybridized carbons (Fsp3) is 0.0526. The fourth-order valence-corrected chi connectivity index (χ4v) is 3.21. The van der Waals surface area contributed by atoms with Gasteiger partial charge in [-0.3, -0.25) is 4.55 Å². The van der Waals surface area contributed by atoms with Gasteiger partial charge in [-0.15, -0.1) is 8.42 Å². The van der Waals surface area contributed by atoms with Gasteiger partial charge < -0.3 is 10.5 Å². The van der Waals surface area contributed by atoms with Crippen molar-refractivity contribution in [2.45, 2.75) is 4.90 Å². The van der Waals surface area contributed by atoms with Gasteiger partial charge in [-0.25, -0.2) is 0 Å². The zero-order valence-corrected chi connectivity index (χ0v) is 18.0. The van der Waals surface area contributed by atoms with Gasteiger partial charge in [0.2, 0.25) is 5.69 Å². The molecule has 11 heteroatoms. The zero-order valence-electron chi connectivity index (χ0n) is 15.6. The summed E-state index contributed by atoms with van der Waals surface area (Å²) >= 11 is 5.58. The minimum atomic E-state index is -4.59. The van der Waals surface area contributed by atoms with Crippen LogP contribution in [0.5, 0.6) is 11.5 Å². The molecule has 0 fully saturated rings. The first-order valence-corrected chi connectivity index (χ1v) is 11.1. The van der Waals surface area contributed by atoms with Gasteiger partial charge in [0.15, 0.2) is 7.05 Å². The summed E-state index contributed by atoms with van der Waals surface area (Å²) in [6, 6.07) is 19.3. The van der Waals surface area contributed by atoms with Crippen molar-refractivity contribution in [3.8, 4) is 11.5 Å². The van der Waals surface area contributed by atoms with Crippen molar-refractivity contribution >= 4 is 43.6 Å². The molecule has 30 heavy (non-hydrogen) atoms. The molecule has 0 saturated heterocycles. The van der Waals surface area contributed by atoms with E-state index in [4.69, 9.17) is 22.1 Å². The van der Waals surface area contributed by atoms with Crippen molar-refractivity contribution in [3.63, 3.8) is 0 Å². The van der Waals surface area contributed by atoms with Crippen LogP contribution in [-0.4, -0.2) is 32.4 Å². The lowest BCUT2D eigenvalue weighted by Gasteiger charge is -2.09. The summed E-state index contributed by atoms with van der Waals surface area (Å²) in [6.45, 7) is 0. The van der Waals surface area contributed by atoms with Gasteiger partial charge in [-0.05, 0) is 30.3 Å². The molecule has 0 atom stereocenters. The second kappa shape index (κ2) is 10.2. The van der Waals surface area contributed by atoms with Gasteiger partial charge in [-0.2, -0.15) is 8.42 Å². The van der Waals surface area contributed by atoms with E-state index < -0.39 is 25.5 Å². The highest BCUT2D eigenvalue weighted by Gasteiger charge is 2.21. The largest absolute Gasteiger partial charge is 0.464 e. The van der Waals surface area contributed by atoms with Crippen LogP contribution in [0.2, 0.25) is 5.02 Å². The molecule has 3 N–H and O–H groups in total. The van der Waals surface area contributed by atoms with Crippen LogP contribution in [0.15, 0.2) is 77.7 Å². The van der Waals surface area contributed by atoms with Crippen molar-refractivity contribution in [1.29, 1.82) is 0 Å². The third kappa shape index (κ3) is 6.56. The highest BCUT2D eigenvalue weighted by atomic mass is 35.5. The molecule has 8 nitrogen and oxygen atoms in total. The fourth-order valence-electron chi connectivity index (χ4n) is 2.16. The Morgan fingerprint density at radius 2 is 1.60 bits per heavy atom. The number of hydrogen-bond donors (Lipinski definition) is 2. The molecule has 3 aromatic carbocycles. The second-order valence-electron chi connectivity index (χ2n) is 5.76. The van der Waals surface area contributed by atoms with Gasteiger partial charge in [0.25, 0.3) is 10.1 Å². The Bertz CT molecular complexity index is 1250. The molecule has 0 unspecified atom stereocenters. The number of halogens is 1. The summed E-state index contributed by atoms with van der Waals surface area (Å²) in [6.07, 6.45) is 0. The van der Waals surface area contributed by atoms with E-state index in [0.29, 0.717) is 16.5 Å². The number of nitrogens with zero attached hydrogens (tertiary/aromatic N) is 1. The Kier molecular flexibility index (Phi) is 7.95. The second-order valence-corrected chi connectivity index (χ2v) is 8.54. The van der Waals surface area contributed by atoms with E-state index in [1.165, 1.54) is 19.2 Å². The maximum atomic E-state index is 11.5. The molecule has 0 aromatic heterocycles. The first-order chi connectivity index (χ1) is 14.1. The van der Waals surface area contributed by atoms with Crippen molar-refractivity contribution in [1.82, 2.24) is 0 Å². The lowest BCUT2D eigenvalue weighted by atomic mass is 10.3. The number of anilines is 1. The van der Waals surface area contributed by atoms with E-state index in [9.17, 15) is 21.4 Å². The van der Waals surface area contributed by atoms with E-state index in [-0.39, 0.29) is 11.4 Å². The van der Waals surface area contributed by atoms with E-state index in [2.05, 4.69) is 0 Å². The molecule has 0 aliphatic heterocycles.